The van der Waals surface area contributed by atoms with Crippen LogP contribution >= 0.6 is 11.3 Å². The first-order valence-electron chi connectivity index (χ1n) is 4.92. The molecule has 0 radical (unpaired) electrons. The van der Waals surface area contributed by atoms with E-state index in [1.807, 2.05) is 37.4 Å². The van der Waals surface area contributed by atoms with Gasteiger partial charge in [0.2, 0.25) is 5.91 Å². The van der Waals surface area contributed by atoms with E-state index >= 15 is 0 Å². The summed E-state index contributed by atoms with van der Waals surface area (Å²) < 4.78 is 0. The summed E-state index contributed by atoms with van der Waals surface area (Å²) in [5.74, 6) is -0.715. The average molecular weight is 222 g/mol. The van der Waals surface area contributed by atoms with Crippen LogP contribution in [-0.4, -0.2) is 5.91 Å². The van der Waals surface area contributed by atoms with Crippen molar-refractivity contribution >= 4 is 17.2 Å². The SMILES string of the molecule is CCC(C#N)C(=O)NC(C)c1cccs1. The van der Waals surface area contributed by atoms with Crippen LogP contribution in [0.1, 0.15) is 31.2 Å². The maximum atomic E-state index is 11.6. The van der Waals surface area contributed by atoms with Gasteiger partial charge < -0.3 is 5.32 Å². The molecule has 2 atom stereocenters. The average Bonchev–Trinajstić information content (AvgIpc) is 2.72. The fourth-order valence-electron chi connectivity index (χ4n) is 1.26. The molecule has 0 fully saturated rings. The lowest BCUT2D eigenvalue weighted by Crippen LogP contribution is -2.31. The number of nitriles is 1. The van der Waals surface area contributed by atoms with E-state index in [1.54, 1.807) is 11.3 Å². The van der Waals surface area contributed by atoms with Crippen molar-refractivity contribution in [2.24, 2.45) is 5.92 Å². The van der Waals surface area contributed by atoms with Gasteiger partial charge in [-0.1, -0.05) is 13.0 Å². The van der Waals surface area contributed by atoms with Crippen molar-refractivity contribution in [3.8, 4) is 6.07 Å². The van der Waals surface area contributed by atoms with Gasteiger partial charge in [0.25, 0.3) is 0 Å². The second-order valence-corrected chi connectivity index (χ2v) is 4.31. The topological polar surface area (TPSA) is 52.9 Å². The fraction of sp³-hybridized carbons (Fsp3) is 0.455. The zero-order valence-corrected chi connectivity index (χ0v) is 9.67. The Morgan fingerprint density at radius 1 is 1.73 bits per heavy atom. The van der Waals surface area contributed by atoms with Gasteiger partial charge in [0.15, 0.2) is 0 Å². The van der Waals surface area contributed by atoms with Crippen LogP contribution in [0.2, 0.25) is 0 Å². The summed E-state index contributed by atoms with van der Waals surface area (Å²) in [7, 11) is 0. The first-order valence-corrected chi connectivity index (χ1v) is 5.80. The van der Waals surface area contributed by atoms with E-state index in [9.17, 15) is 4.79 Å². The summed E-state index contributed by atoms with van der Waals surface area (Å²) in [5.41, 5.74) is 0. The highest BCUT2D eigenvalue weighted by Gasteiger charge is 2.18. The summed E-state index contributed by atoms with van der Waals surface area (Å²) in [6, 6.07) is 5.90. The molecule has 0 aromatic carbocycles. The van der Waals surface area contributed by atoms with Crippen molar-refractivity contribution in [2.75, 3.05) is 0 Å². The Morgan fingerprint density at radius 2 is 2.47 bits per heavy atom. The first kappa shape index (κ1) is 11.7. The predicted octanol–water partition coefficient (Wildman–Crippen LogP) is 2.48. The van der Waals surface area contributed by atoms with Crippen molar-refractivity contribution in [1.29, 1.82) is 5.26 Å². The molecular formula is C11H14N2OS. The number of hydrogen-bond donors (Lipinski definition) is 1. The Labute approximate surface area is 93.7 Å². The van der Waals surface area contributed by atoms with E-state index in [0.717, 1.165) is 4.88 Å². The molecule has 0 aliphatic heterocycles. The van der Waals surface area contributed by atoms with Gasteiger partial charge in [0.05, 0.1) is 12.1 Å². The molecule has 0 aliphatic rings. The molecule has 1 aromatic heterocycles. The monoisotopic (exact) mass is 222 g/mol. The minimum atomic E-state index is -0.535. The number of thiophene rings is 1. The van der Waals surface area contributed by atoms with E-state index in [2.05, 4.69) is 5.32 Å². The van der Waals surface area contributed by atoms with Crippen LogP contribution in [0.4, 0.5) is 0 Å². The minimum Gasteiger partial charge on any atom is -0.348 e. The van der Waals surface area contributed by atoms with Crippen molar-refractivity contribution in [3.05, 3.63) is 22.4 Å². The van der Waals surface area contributed by atoms with Gasteiger partial charge >= 0.3 is 0 Å². The third-order valence-corrected chi connectivity index (χ3v) is 3.26. The largest absolute Gasteiger partial charge is 0.348 e. The molecule has 1 amide bonds. The summed E-state index contributed by atoms with van der Waals surface area (Å²) in [6.45, 7) is 3.76. The van der Waals surface area contributed by atoms with Gasteiger partial charge in [-0.25, -0.2) is 0 Å². The van der Waals surface area contributed by atoms with Gasteiger partial charge in [-0.3, -0.25) is 4.79 Å². The molecule has 0 bridgehead atoms. The Bertz CT molecular complexity index is 353. The van der Waals surface area contributed by atoms with E-state index in [-0.39, 0.29) is 11.9 Å². The van der Waals surface area contributed by atoms with Crippen LogP contribution in [-0.2, 0) is 4.79 Å². The Kier molecular flexibility index (Phi) is 4.32. The number of hydrogen-bond acceptors (Lipinski definition) is 3. The maximum absolute atomic E-state index is 11.6. The Morgan fingerprint density at radius 3 is 2.93 bits per heavy atom. The van der Waals surface area contributed by atoms with E-state index in [1.165, 1.54) is 0 Å². The third kappa shape index (κ3) is 3.07. The summed E-state index contributed by atoms with van der Waals surface area (Å²) >= 11 is 1.60. The molecule has 0 aliphatic carbocycles. The lowest BCUT2D eigenvalue weighted by atomic mass is 10.1. The van der Waals surface area contributed by atoms with Gasteiger partial charge in [-0.15, -0.1) is 11.3 Å². The van der Waals surface area contributed by atoms with Gasteiger partial charge in [0, 0.05) is 4.88 Å². The normalized spacial score (nSPS) is 13.9. The van der Waals surface area contributed by atoms with Gasteiger partial charge in [-0.05, 0) is 24.8 Å². The molecular weight excluding hydrogens is 208 g/mol. The van der Waals surface area contributed by atoms with E-state index < -0.39 is 5.92 Å². The van der Waals surface area contributed by atoms with Crippen LogP contribution in [0, 0.1) is 17.2 Å². The highest BCUT2D eigenvalue weighted by atomic mass is 32.1. The molecule has 1 N–H and O–H groups in total. The van der Waals surface area contributed by atoms with Crippen LogP contribution in [0.3, 0.4) is 0 Å². The molecule has 1 aromatic rings. The predicted molar refractivity (Wildman–Crippen MR) is 60.3 cm³/mol. The zero-order chi connectivity index (χ0) is 11.3. The Balaban J connectivity index is 2.56. The van der Waals surface area contributed by atoms with E-state index in [4.69, 9.17) is 5.26 Å². The van der Waals surface area contributed by atoms with Crippen LogP contribution in [0.15, 0.2) is 17.5 Å². The summed E-state index contributed by atoms with van der Waals surface area (Å²) in [4.78, 5) is 12.7. The Hall–Kier alpha value is -1.34. The minimum absolute atomic E-state index is 0.0140. The highest BCUT2D eigenvalue weighted by molar-refractivity contribution is 7.10. The standard InChI is InChI=1S/C11H14N2OS/c1-3-9(7-12)11(14)13-8(2)10-5-4-6-15-10/h4-6,8-9H,3H2,1-2H3,(H,13,14). The number of rotatable bonds is 4. The number of amides is 1. The van der Waals surface area contributed by atoms with Crippen molar-refractivity contribution in [2.45, 2.75) is 26.3 Å². The van der Waals surface area contributed by atoms with Crippen LogP contribution in [0.25, 0.3) is 0 Å². The highest BCUT2D eigenvalue weighted by Crippen LogP contribution is 2.18. The molecule has 0 saturated carbocycles. The number of nitrogens with zero attached hydrogens (tertiary/aromatic N) is 1. The zero-order valence-electron chi connectivity index (χ0n) is 8.86. The van der Waals surface area contributed by atoms with Crippen molar-refractivity contribution in [1.82, 2.24) is 5.32 Å². The molecule has 1 rings (SSSR count). The maximum Gasteiger partial charge on any atom is 0.237 e. The number of carbonyl (C=O) groups excluding carboxylic acids is 1. The molecule has 4 heteroatoms. The summed E-state index contributed by atoms with van der Waals surface area (Å²) in [6.07, 6.45) is 0.555. The van der Waals surface area contributed by atoms with Gasteiger partial charge in [-0.2, -0.15) is 5.26 Å². The molecule has 80 valence electrons. The second-order valence-electron chi connectivity index (χ2n) is 3.34. The molecule has 1 heterocycles. The second kappa shape index (κ2) is 5.52. The van der Waals surface area contributed by atoms with E-state index in [0.29, 0.717) is 6.42 Å². The number of carbonyl (C=O) groups is 1. The third-order valence-electron chi connectivity index (χ3n) is 2.21. The summed E-state index contributed by atoms with van der Waals surface area (Å²) in [5, 5.41) is 13.5. The van der Waals surface area contributed by atoms with Crippen LogP contribution in [0.5, 0.6) is 0 Å². The number of nitrogens with one attached hydrogen (secondary N) is 1. The quantitative estimate of drug-likeness (QED) is 0.850. The lowest BCUT2D eigenvalue weighted by molar-refractivity contribution is -0.124. The van der Waals surface area contributed by atoms with Crippen molar-refractivity contribution < 1.29 is 4.79 Å². The first-order chi connectivity index (χ1) is 7.19. The molecule has 3 nitrogen and oxygen atoms in total. The van der Waals surface area contributed by atoms with Crippen LogP contribution < -0.4 is 5.32 Å². The molecule has 2 unspecified atom stereocenters. The lowest BCUT2D eigenvalue weighted by Gasteiger charge is -2.14. The molecule has 15 heavy (non-hydrogen) atoms. The molecule has 0 saturated heterocycles. The molecule has 0 spiro atoms. The fourth-order valence-corrected chi connectivity index (χ4v) is 1.99. The van der Waals surface area contributed by atoms with Crippen molar-refractivity contribution in [3.63, 3.8) is 0 Å². The smallest absolute Gasteiger partial charge is 0.237 e. The van der Waals surface area contributed by atoms with Gasteiger partial charge in [0.1, 0.15) is 5.92 Å².